The van der Waals surface area contributed by atoms with E-state index in [2.05, 4.69) is 9.72 Å². The van der Waals surface area contributed by atoms with Crippen molar-refractivity contribution in [2.24, 2.45) is 0 Å². The Bertz CT molecular complexity index is 1180. The number of nitrogens with zero attached hydrogens (tertiary/aromatic N) is 2. The van der Waals surface area contributed by atoms with Gasteiger partial charge in [0.1, 0.15) is 12.1 Å². The Morgan fingerprint density at radius 2 is 1.79 bits per heavy atom. The SMILES string of the molecule is COC(=O)c1ccc2c(ccc3c2ncn3-c2ccc(OC(F)(F)F)cc2)c1. The molecule has 1 heterocycles. The molecule has 8 heteroatoms. The van der Waals surface area contributed by atoms with Gasteiger partial charge in [-0.05, 0) is 47.9 Å². The van der Waals surface area contributed by atoms with E-state index in [9.17, 15) is 18.0 Å². The van der Waals surface area contributed by atoms with Crippen LogP contribution in [-0.4, -0.2) is 29.0 Å². The van der Waals surface area contributed by atoms with Gasteiger partial charge in [-0.25, -0.2) is 9.78 Å². The van der Waals surface area contributed by atoms with Crippen LogP contribution in [0, 0.1) is 0 Å². The number of rotatable bonds is 3. The van der Waals surface area contributed by atoms with E-state index in [0.717, 1.165) is 16.3 Å². The van der Waals surface area contributed by atoms with E-state index in [0.29, 0.717) is 16.8 Å². The third-order valence-corrected chi connectivity index (χ3v) is 4.30. The highest BCUT2D eigenvalue weighted by Crippen LogP contribution is 2.29. The Morgan fingerprint density at radius 1 is 1.04 bits per heavy atom. The Labute approximate surface area is 156 Å². The maximum Gasteiger partial charge on any atom is 0.573 e. The molecule has 0 aliphatic rings. The third-order valence-electron chi connectivity index (χ3n) is 4.30. The van der Waals surface area contributed by atoms with E-state index in [4.69, 9.17) is 4.74 Å². The molecule has 0 saturated heterocycles. The number of carbonyl (C=O) groups is 1. The maximum absolute atomic E-state index is 12.3. The summed E-state index contributed by atoms with van der Waals surface area (Å²) < 4.78 is 47.3. The average Bonchev–Trinajstić information content (AvgIpc) is 3.10. The molecule has 0 atom stereocenters. The minimum atomic E-state index is -4.73. The highest BCUT2D eigenvalue weighted by molar-refractivity contribution is 6.06. The van der Waals surface area contributed by atoms with Crippen LogP contribution < -0.4 is 4.74 Å². The summed E-state index contributed by atoms with van der Waals surface area (Å²) in [7, 11) is 1.32. The number of hydrogen-bond donors (Lipinski definition) is 0. The van der Waals surface area contributed by atoms with Gasteiger partial charge in [0.25, 0.3) is 0 Å². The monoisotopic (exact) mass is 386 g/mol. The summed E-state index contributed by atoms with van der Waals surface area (Å²) in [5.74, 6) is -0.713. The molecule has 5 nitrogen and oxygen atoms in total. The molecular weight excluding hydrogens is 373 g/mol. The van der Waals surface area contributed by atoms with Crippen molar-refractivity contribution < 1.29 is 27.4 Å². The van der Waals surface area contributed by atoms with Crippen molar-refractivity contribution in [3.8, 4) is 11.4 Å². The van der Waals surface area contributed by atoms with E-state index in [1.54, 1.807) is 29.1 Å². The maximum atomic E-state index is 12.3. The lowest BCUT2D eigenvalue weighted by Crippen LogP contribution is -2.17. The van der Waals surface area contributed by atoms with Crippen LogP contribution in [0.3, 0.4) is 0 Å². The second-order valence-electron chi connectivity index (χ2n) is 6.02. The molecule has 0 aliphatic carbocycles. The Balaban J connectivity index is 1.75. The third kappa shape index (κ3) is 3.24. The molecule has 0 bridgehead atoms. The number of methoxy groups -OCH3 is 1. The van der Waals surface area contributed by atoms with Gasteiger partial charge >= 0.3 is 12.3 Å². The first-order chi connectivity index (χ1) is 13.4. The van der Waals surface area contributed by atoms with Crippen molar-refractivity contribution in [1.29, 1.82) is 0 Å². The van der Waals surface area contributed by atoms with Gasteiger partial charge < -0.3 is 9.47 Å². The zero-order valence-electron chi connectivity index (χ0n) is 14.5. The fraction of sp³-hybridized carbons (Fsp3) is 0.100. The molecule has 0 aliphatic heterocycles. The normalized spacial score (nSPS) is 11.7. The molecule has 3 aromatic carbocycles. The van der Waals surface area contributed by atoms with Crippen molar-refractivity contribution in [2.45, 2.75) is 6.36 Å². The van der Waals surface area contributed by atoms with Gasteiger partial charge in [-0.1, -0.05) is 12.1 Å². The number of imidazole rings is 1. The summed E-state index contributed by atoms with van der Waals surface area (Å²) in [5.41, 5.74) is 2.57. The predicted octanol–water partition coefficient (Wildman–Crippen LogP) is 4.86. The zero-order valence-corrected chi connectivity index (χ0v) is 14.5. The van der Waals surface area contributed by atoms with Crippen LogP contribution in [0.1, 0.15) is 10.4 Å². The van der Waals surface area contributed by atoms with Gasteiger partial charge in [0, 0.05) is 11.1 Å². The summed E-state index contributed by atoms with van der Waals surface area (Å²) in [5, 5.41) is 1.68. The molecule has 4 rings (SSSR count). The van der Waals surface area contributed by atoms with Gasteiger partial charge in [-0.3, -0.25) is 4.57 Å². The summed E-state index contributed by atoms with van der Waals surface area (Å²) in [6.45, 7) is 0. The molecule has 0 fully saturated rings. The van der Waals surface area contributed by atoms with E-state index >= 15 is 0 Å². The Hall–Kier alpha value is -3.55. The molecule has 28 heavy (non-hydrogen) atoms. The number of benzene rings is 3. The minimum Gasteiger partial charge on any atom is -0.465 e. The van der Waals surface area contributed by atoms with Gasteiger partial charge in [-0.2, -0.15) is 0 Å². The summed E-state index contributed by atoms with van der Waals surface area (Å²) in [6, 6.07) is 14.4. The van der Waals surface area contributed by atoms with Crippen LogP contribution in [0.15, 0.2) is 60.9 Å². The molecule has 1 aromatic heterocycles. The number of carbonyl (C=O) groups excluding carboxylic acids is 1. The summed E-state index contributed by atoms with van der Waals surface area (Å²) in [6.07, 6.45) is -3.14. The van der Waals surface area contributed by atoms with Crippen LogP contribution >= 0.6 is 0 Å². The highest BCUT2D eigenvalue weighted by atomic mass is 19.4. The number of ether oxygens (including phenoxy) is 2. The van der Waals surface area contributed by atoms with Crippen LogP contribution in [0.2, 0.25) is 0 Å². The number of aromatic nitrogens is 2. The fourth-order valence-corrected chi connectivity index (χ4v) is 3.07. The van der Waals surface area contributed by atoms with Gasteiger partial charge in [0.15, 0.2) is 0 Å². The highest BCUT2D eigenvalue weighted by Gasteiger charge is 2.31. The summed E-state index contributed by atoms with van der Waals surface area (Å²) in [4.78, 5) is 16.1. The second-order valence-corrected chi connectivity index (χ2v) is 6.02. The lowest BCUT2D eigenvalue weighted by Gasteiger charge is -2.10. The molecule has 0 amide bonds. The number of hydrogen-bond acceptors (Lipinski definition) is 4. The second kappa shape index (κ2) is 6.56. The average molecular weight is 386 g/mol. The lowest BCUT2D eigenvalue weighted by atomic mass is 10.1. The number of halogens is 3. The standard InChI is InChI=1S/C20H13F3N2O3/c1-27-19(26)13-2-8-16-12(10-13)3-9-17-18(16)24-11-25(17)14-4-6-15(7-5-14)28-20(21,22)23/h2-11H,1H3. The predicted molar refractivity (Wildman–Crippen MR) is 96.6 cm³/mol. The summed E-state index contributed by atoms with van der Waals surface area (Å²) >= 11 is 0. The van der Waals surface area contributed by atoms with E-state index in [-0.39, 0.29) is 5.75 Å². The quantitative estimate of drug-likeness (QED) is 0.472. The Kier molecular flexibility index (Phi) is 4.18. The lowest BCUT2D eigenvalue weighted by molar-refractivity contribution is -0.274. The van der Waals surface area contributed by atoms with Crippen molar-refractivity contribution in [2.75, 3.05) is 7.11 Å². The van der Waals surface area contributed by atoms with Gasteiger partial charge in [0.05, 0.1) is 23.7 Å². The topological polar surface area (TPSA) is 53.3 Å². The molecular formula is C20H13F3N2O3. The fourth-order valence-electron chi connectivity index (χ4n) is 3.07. The molecule has 0 radical (unpaired) electrons. The number of esters is 1. The van der Waals surface area contributed by atoms with Crippen molar-refractivity contribution in [3.05, 3.63) is 66.5 Å². The van der Waals surface area contributed by atoms with Gasteiger partial charge in [0.2, 0.25) is 0 Å². The molecule has 0 spiro atoms. The first kappa shape index (κ1) is 17.8. The minimum absolute atomic E-state index is 0.290. The molecule has 4 aromatic rings. The van der Waals surface area contributed by atoms with Crippen LogP contribution in [0.5, 0.6) is 5.75 Å². The number of alkyl halides is 3. The van der Waals surface area contributed by atoms with Crippen molar-refractivity contribution in [3.63, 3.8) is 0 Å². The van der Waals surface area contributed by atoms with Crippen molar-refractivity contribution in [1.82, 2.24) is 9.55 Å². The first-order valence-electron chi connectivity index (χ1n) is 8.20. The molecule has 142 valence electrons. The van der Waals surface area contributed by atoms with E-state index in [1.165, 1.54) is 31.4 Å². The van der Waals surface area contributed by atoms with Crippen LogP contribution in [0.4, 0.5) is 13.2 Å². The van der Waals surface area contributed by atoms with Crippen molar-refractivity contribution >= 4 is 27.8 Å². The van der Waals surface area contributed by atoms with Crippen LogP contribution in [0.25, 0.3) is 27.5 Å². The number of fused-ring (bicyclic) bond motifs is 3. The Morgan fingerprint density at radius 3 is 2.46 bits per heavy atom. The van der Waals surface area contributed by atoms with Gasteiger partial charge in [-0.15, -0.1) is 13.2 Å². The smallest absolute Gasteiger partial charge is 0.465 e. The van der Waals surface area contributed by atoms with E-state index < -0.39 is 12.3 Å². The largest absolute Gasteiger partial charge is 0.573 e. The molecule has 0 N–H and O–H groups in total. The molecule has 0 saturated carbocycles. The van der Waals surface area contributed by atoms with E-state index in [1.807, 2.05) is 12.1 Å². The molecule has 0 unspecified atom stereocenters. The van der Waals surface area contributed by atoms with Crippen LogP contribution in [-0.2, 0) is 4.74 Å². The zero-order chi connectivity index (χ0) is 19.9. The first-order valence-corrected chi connectivity index (χ1v) is 8.20.